The van der Waals surface area contributed by atoms with Crippen LogP contribution in [0.25, 0.3) is 23.1 Å². The van der Waals surface area contributed by atoms with Crippen LogP contribution in [-0.2, 0) is 0 Å². The molecule has 0 saturated heterocycles. The number of nitrogens with zero attached hydrogens (tertiary/aromatic N) is 2. The Bertz CT molecular complexity index is 1310. The molecule has 0 spiro atoms. The number of nitriles is 1. The van der Waals surface area contributed by atoms with E-state index in [4.69, 9.17) is 5.11 Å². The number of benzene rings is 2. The topological polar surface area (TPSA) is 102 Å². The van der Waals surface area contributed by atoms with Crippen LogP contribution in [-0.4, -0.2) is 21.0 Å². The third kappa shape index (κ3) is 3.64. The lowest BCUT2D eigenvalue weighted by molar-refractivity contribution is 0.0697. The fraction of sp³-hybridized carbons (Fsp3) is 0.0417. The van der Waals surface area contributed by atoms with Gasteiger partial charge in [-0.1, -0.05) is 24.3 Å². The number of carboxylic acids is 1. The molecule has 146 valence electrons. The number of rotatable bonds is 5. The van der Waals surface area contributed by atoms with Crippen LogP contribution in [0.4, 0.5) is 11.4 Å². The minimum atomic E-state index is -0.960. The van der Waals surface area contributed by atoms with Gasteiger partial charge in [0.2, 0.25) is 0 Å². The van der Waals surface area contributed by atoms with E-state index in [0.717, 1.165) is 33.3 Å². The highest BCUT2D eigenvalue weighted by Gasteiger charge is 2.11. The van der Waals surface area contributed by atoms with Gasteiger partial charge < -0.3 is 15.4 Å². The van der Waals surface area contributed by atoms with E-state index in [2.05, 4.69) is 21.4 Å². The highest BCUT2D eigenvalue weighted by atomic mass is 16.4. The van der Waals surface area contributed by atoms with Gasteiger partial charge in [0.1, 0.15) is 6.07 Å². The van der Waals surface area contributed by atoms with Crippen LogP contribution >= 0.6 is 0 Å². The minimum Gasteiger partial charge on any atom is -0.478 e. The monoisotopic (exact) mass is 394 g/mol. The molecule has 0 bridgehead atoms. The van der Waals surface area contributed by atoms with Gasteiger partial charge in [-0.2, -0.15) is 5.26 Å². The van der Waals surface area contributed by atoms with Gasteiger partial charge in [-0.25, -0.2) is 4.79 Å². The van der Waals surface area contributed by atoms with E-state index in [1.54, 1.807) is 30.5 Å². The Balaban J connectivity index is 1.70. The number of hydrogen-bond donors (Lipinski definition) is 3. The lowest BCUT2D eigenvalue weighted by atomic mass is 10.1. The summed E-state index contributed by atoms with van der Waals surface area (Å²) < 4.78 is 0. The molecule has 0 radical (unpaired) electrons. The van der Waals surface area contributed by atoms with Gasteiger partial charge in [0.25, 0.3) is 0 Å². The lowest BCUT2D eigenvalue weighted by Crippen LogP contribution is -1.99. The highest BCUT2D eigenvalue weighted by molar-refractivity contribution is 5.91. The Morgan fingerprint density at radius 1 is 1.13 bits per heavy atom. The summed E-state index contributed by atoms with van der Waals surface area (Å²) in [6, 6.07) is 14.8. The van der Waals surface area contributed by atoms with E-state index in [1.807, 2.05) is 43.5 Å². The average Bonchev–Trinajstić information content (AvgIpc) is 3.24. The first kappa shape index (κ1) is 19.0. The summed E-state index contributed by atoms with van der Waals surface area (Å²) in [6.07, 6.45) is 8.84. The molecule has 0 aliphatic carbocycles. The number of carboxylic acid groups (broad SMARTS) is 1. The van der Waals surface area contributed by atoms with Gasteiger partial charge in [0.15, 0.2) is 0 Å². The summed E-state index contributed by atoms with van der Waals surface area (Å²) in [7, 11) is 0. The van der Waals surface area contributed by atoms with Gasteiger partial charge in [-0.05, 0) is 48.4 Å². The molecular weight excluding hydrogens is 376 g/mol. The van der Waals surface area contributed by atoms with Crippen LogP contribution < -0.4 is 5.32 Å². The van der Waals surface area contributed by atoms with Crippen molar-refractivity contribution in [2.75, 3.05) is 5.32 Å². The van der Waals surface area contributed by atoms with Crippen molar-refractivity contribution < 1.29 is 9.90 Å². The zero-order valence-corrected chi connectivity index (χ0v) is 16.2. The predicted molar refractivity (Wildman–Crippen MR) is 118 cm³/mol. The summed E-state index contributed by atoms with van der Waals surface area (Å²) in [5, 5.41) is 23.1. The number of pyridine rings is 1. The average molecular weight is 394 g/mol. The number of hydrogen-bond acceptors (Lipinski definition) is 4. The molecule has 0 atom stereocenters. The number of aryl methyl sites for hydroxylation is 1. The van der Waals surface area contributed by atoms with Crippen molar-refractivity contribution in [2.45, 2.75) is 6.92 Å². The molecule has 0 saturated carbocycles. The number of anilines is 2. The van der Waals surface area contributed by atoms with Crippen LogP contribution in [0.3, 0.4) is 0 Å². The van der Waals surface area contributed by atoms with Crippen molar-refractivity contribution in [2.24, 2.45) is 0 Å². The zero-order chi connectivity index (χ0) is 21.1. The van der Waals surface area contributed by atoms with E-state index in [0.29, 0.717) is 11.3 Å². The maximum Gasteiger partial charge on any atom is 0.335 e. The largest absolute Gasteiger partial charge is 0.478 e. The van der Waals surface area contributed by atoms with Crippen LogP contribution in [0.15, 0.2) is 61.1 Å². The van der Waals surface area contributed by atoms with Crippen LogP contribution in [0, 0.1) is 18.3 Å². The van der Waals surface area contributed by atoms with Crippen LogP contribution in [0.1, 0.15) is 32.6 Å². The number of H-pyrrole nitrogens is 1. The van der Waals surface area contributed by atoms with Gasteiger partial charge in [-0.15, -0.1) is 0 Å². The van der Waals surface area contributed by atoms with E-state index < -0.39 is 5.97 Å². The molecular formula is C24H18N4O2. The third-order valence-electron chi connectivity index (χ3n) is 4.97. The normalized spacial score (nSPS) is 10.9. The third-order valence-corrected chi connectivity index (χ3v) is 4.97. The molecule has 4 aromatic rings. The Morgan fingerprint density at radius 3 is 2.67 bits per heavy atom. The Labute approximate surface area is 173 Å². The Morgan fingerprint density at radius 2 is 1.93 bits per heavy atom. The molecule has 3 N–H and O–H groups in total. The van der Waals surface area contributed by atoms with Crippen molar-refractivity contribution >= 4 is 40.4 Å². The standard InChI is InChI=1S/C24H18N4O2/c1-15-20-10-11-27-22(20)9-8-21(15)28-23-18(13-26-14-19(23)12-25)7-4-16-2-5-17(6-3-16)24(29)30/h2-11,13-14,27H,1H3,(H,26,28)(H,29,30). The number of nitrogens with one attached hydrogen (secondary N) is 2. The number of fused-ring (bicyclic) bond motifs is 1. The molecule has 30 heavy (non-hydrogen) atoms. The smallest absolute Gasteiger partial charge is 0.335 e. The molecule has 2 aromatic heterocycles. The van der Waals surface area contributed by atoms with Crippen molar-refractivity contribution in [1.82, 2.24) is 9.97 Å². The van der Waals surface area contributed by atoms with Crippen LogP contribution in [0.5, 0.6) is 0 Å². The Hall–Kier alpha value is -4.37. The second kappa shape index (κ2) is 7.94. The van der Waals surface area contributed by atoms with Gasteiger partial charge in [0, 0.05) is 40.7 Å². The second-order valence-electron chi connectivity index (χ2n) is 6.83. The van der Waals surface area contributed by atoms with Crippen molar-refractivity contribution in [3.63, 3.8) is 0 Å². The predicted octanol–water partition coefficient (Wildman–Crippen LogP) is 5.36. The Kier molecular flexibility index (Phi) is 5.02. The number of aromatic carboxylic acids is 1. The first-order valence-electron chi connectivity index (χ1n) is 9.30. The molecule has 0 unspecified atom stereocenters. The number of carbonyl (C=O) groups is 1. The maximum atomic E-state index is 11.0. The first-order valence-corrected chi connectivity index (χ1v) is 9.30. The fourth-order valence-corrected chi connectivity index (χ4v) is 3.30. The summed E-state index contributed by atoms with van der Waals surface area (Å²) in [5.74, 6) is -0.960. The van der Waals surface area contributed by atoms with E-state index in [1.165, 1.54) is 6.20 Å². The summed E-state index contributed by atoms with van der Waals surface area (Å²) in [5.41, 5.74) is 5.98. The van der Waals surface area contributed by atoms with E-state index in [-0.39, 0.29) is 5.56 Å². The van der Waals surface area contributed by atoms with Crippen LogP contribution in [0.2, 0.25) is 0 Å². The maximum absolute atomic E-state index is 11.0. The molecule has 2 aromatic carbocycles. The molecule has 6 heteroatoms. The van der Waals surface area contributed by atoms with E-state index in [9.17, 15) is 10.1 Å². The molecule has 0 amide bonds. The molecule has 4 rings (SSSR count). The minimum absolute atomic E-state index is 0.235. The fourth-order valence-electron chi connectivity index (χ4n) is 3.30. The summed E-state index contributed by atoms with van der Waals surface area (Å²) in [6.45, 7) is 2.03. The highest BCUT2D eigenvalue weighted by Crippen LogP contribution is 2.31. The van der Waals surface area contributed by atoms with Gasteiger partial charge >= 0.3 is 5.97 Å². The lowest BCUT2D eigenvalue weighted by Gasteiger charge is -2.14. The molecule has 6 nitrogen and oxygen atoms in total. The number of aromatic amines is 1. The van der Waals surface area contributed by atoms with Crippen molar-refractivity contribution in [3.8, 4) is 6.07 Å². The van der Waals surface area contributed by atoms with Crippen molar-refractivity contribution in [3.05, 3.63) is 88.9 Å². The number of aromatic nitrogens is 2. The van der Waals surface area contributed by atoms with Crippen molar-refractivity contribution in [1.29, 1.82) is 5.26 Å². The SMILES string of the molecule is Cc1c(Nc2c(C#N)cncc2C=Cc2ccc(C(=O)O)cc2)ccc2[nH]ccc12. The zero-order valence-electron chi connectivity index (χ0n) is 16.2. The second-order valence-corrected chi connectivity index (χ2v) is 6.83. The summed E-state index contributed by atoms with van der Waals surface area (Å²) >= 11 is 0. The summed E-state index contributed by atoms with van der Waals surface area (Å²) in [4.78, 5) is 18.4. The van der Waals surface area contributed by atoms with Gasteiger partial charge in [-0.3, -0.25) is 4.98 Å². The molecule has 0 fully saturated rings. The molecule has 2 heterocycles. The van der Waals surface area contributed by atoms with E-state index >= 15 is 0 Å². The molecule has 0 aliphatic heterocycles. The quantitative estimate of drug-likeness (QED) is 0.423. The first-order chi connectivity index (χ1) is 14.6. The molecule has 0 aliphatic rings. The van der Waals surface area contributed by atoms with Gasteiger partial charge in [0.05, 0.1) is 16.8 Å².